The number of aldehydes is 1. The molecule has 0 aromatic heterocycles. The number of carboxylic acid groups (broad SMARTS) is 1. The van der Waals surface area contributed by atoms with Gasteiger partial charge in [-0.05, 0) is 6.04 Å². The van der Waals surface area contributed by atoms with Crippen LogP contribution in [0, 0.1) is 11.8 Å². The third-order valence-electron chi connectivity index (χ3n) is 3.53. The second-order valence-electron chi connectivity index (χ2n) is 6.58. The second kappa shape index (κ2) is 7.44. The number of nitrogens with zero attached hydrogens (tertiary/aromatic N) is 1. The van der Waals surface area contributed by atoms with Gasteiger partial charge in [0.1, 0.15) is 6.29 Å². The van der Waals surface area contributed by atoms with Crippen molar-refractivity contribution >= 4 is 26.5 Å². The second-order valence-corrected chi connectivity index (χ2v) is 12.2. The Kier molecular flexibility index (Phi) is 6.19. The van der Waals surface area contributed by atoms with E-state index in [9.17, 15) is 14.4 Å². The highest BCUT2D eigenvalue weighted by molar-refractivity contribution is 6.76. The fraction of sp³-hybridized carbons (Fsp3) is 0.769. The number of amides is 2. The minimum absolute atomic E-state index is 0.190. The van der Waals surface area contributed by atoms with Crippen molar-refractivity contribution in [2.45, 2.75) is 25.7 Å². The summed E-state index contributed by atoms with van der Waals surface area (Å²) in [7, 11) is -1.23. The lowest BCUT2D eigenvalue weighted by molar-refractivity contribution is -0.111. The van der Waals surface area contributed by atoms with E-state index in [0.717, 1.165) is 12.3 Å². The molecule has 0 aromatic carbocycles. The summed E-state index contributed by atoms with van der Waals surface area (Å²) in [6.07, 6.45) is -0.792. The molecule has 0 radical (unpaired) electrons. The molecule has 7 nitrogen and oxygen atoms in total. The molecule has 120 valence electrons. The monoisotopic (exact) mass is 316 g/mol. The van der Waals surface area contributed by atoms with Crippen molar-refractivity contribution in [1.29, 1.82) is 0 Å². The predicted molar refractivity (Wildman–Crippen MR) is 80.1 cm³/mol. The standard InChI is InChI=1S/C13H24N2O5Si/c1-21(2,3)5-4-20-12(17)14-6-10-7-15(13(18)19)8-11(10)9-16/h9-11H,4-8H2,1-3H3,(H,14,17)(H,18,19). The predicted octanol–water partition coefficient (Wildman–Crippen LogP) is 1.48. The number of likely N-dealkylation sites (tertiary alicyclic amines) is 1. The van der Waals surface area contributed by atoms with E-state index in [-0.39, 0.29) is 31.5 Å². The molecule has 0 saturated carbocycles. The Labute approximate surface area is 125 Å². The molecule has 1 aliphatic rings. The number of carbonyl (C=O) groups is 3. The molecule has 0 aromatic rings. The van der Waals surface area contributed by atoms with E-state index >= 15 is 0 Å². The summed E-state index contributed by atoms with van der Waals surface area (Å²) in [5.74, 6) is -0.563. The van der Waals surface area contributed by atoms with Crippen LogP contribution in [0.4, 0.5) is 9.59 Å². The lowest BCUT2D eigenvalue weighted by Gasteiger charge is -2.17. The minimum Gasteiger partial charge on any atom is -0.465 e. The average molecular weight is 316 g/mol. The maximum Gasteiger partial charge on any atom is 0.407 e. The molecule has 0 aliphatic carbocycles. The van der Waals surface area contributed by atoms with Crippen LogP contribution >= 0.6 is 0 Å². The van der Waals surface area contributed by atoms with E-state index in [2.05, 4.69) is 25.0 Å². The molecule has 2 N–H and O–H groups in total. The van der Waals surface area contributed by atoms with E-state index in [1.54, 1.807) is 0 Å². The van der Waals surface area contributed by atoms with Crippen molar-refractivity contribution in [1.82, 2.24) is 10.2 Å². The molecular formula is C13H24N2O5Si. The summed E-state index contributed by atoms with van der Waals surface area (Å²) in [5.41, 5.74) is 0. The van der Waals surface area contributed by atoms with Crippen molar-refractivity contribution in [3.8, 4) is 0 Å². The summed E-state index contributed by atoms with van der Waals surface area (Å²) < 4.78 is 5.09. The van der Waals surface area contributed by atoms with Gasteiger partial charge in [-0.15, -0.1) is 0 Å². The summed E-state index contributed by atoms with van der Waals surface area (Å²) in [4.78, 5) is 34.6. The fourth-order valence-electron chi connectivity index (χ4n) is 2.14. The van der Waals surface area contributed by atoms with Crippen LogP contribution < -0.4 is 5.32 Å². The number of hydrogen-bond donors (Lipinski definition) is 2. The van der Waals surface area contributed by atoms with Crippen LogP contribution in [-0.4, -0.2) is 62.8 Å². The first-order valence-electron chi connectivity index (χ1n) is 7.06. The van der Waals surface area contributed by atoms with E-state index in [4.69, 9.17) is 9.84 Å². The highest BCUT2D eigenvalue weighted by Crippen LogP contribution is 2.21. The highest BCUT2D eigenvalue weighted by Gasteiger charge is 2.35. The van der Waals surface area contributed by atoms with Crippen LogP contribution in [0.1, 0.15) is 0 Å². The zero-order chi connectivity index (χ0) is 16.0. The molecular weight excluding hydrogens is 292 g/mol. The highest BCUT2D eigenvalue weighted by atomic mass is 28.3. The third kappa shape index (κ3) is 6.15. The molecule has 21 heavy (non-hydrogen) atoms. The lowest BCUT2D eigenvalue weighted by Crippen LogP contribution is -2.34. The fourth-order valence-corrected chi connectivity index (χ4v) is 2.85. The molecule has 2 unspecified atom stereocenters. The first-order valence-corrected chi connectivity index (χ1v) is 10.8. The molecule has 1 rings (SSSR count). The van der Waals surface area contributed by atoms with Crippen molar-refractivity contribution in [3.63, 3.8) is 0 Å². The quantitative estimate of drug-likeness (QED) is 0.571. The number of hydrogen-bond acceptors (Lipinski definition) is 4. The van der Waals surface area contributed by atoms with Crippen molar-refractivity contribution in [2.75, 3.05) is 26.2 Å². The first-order chi connectivity index (χ1) is 9.73. The van der Waals surface area contributed by atoms with Gasteiger partial charge in [-0.3, -0.25) is 0 Å². The smallest absolute Gasteiger partial charge is 0.407 e. The van der Waals surface area contributed by atoms with Gasteiger partial charge in [-0.1, -0.05) is 19.6 Å². The van der Waals surface area contributed by atoms with Crippen molar-refractivity contribution in [3.05, 3.63) is 0 Å². The SMILES string of the molecule is C[Si](C)(C)CCOC(=O)NCC1CN(C(=O)O)CC1C=O. The van der Waals surface area contributed by atoms with Crippen LogP contribution in [0.15, 0.2) is 0 Å². The maximum atomic E-state index is 11.6. The Morgan fingerprint density at radius 3 is 2.57 bits per heavy atom. The van der Waals surface area contributed by atoms with Crippen molar-refractivity contribution in [2.24, 2.45) is 11.8 Å². The average Bonchev–Trinajstić information content (AvgIpc) is 2.78. The van der Waals surface area contributed by atoms with Crippen LogP contribution in [0.5, 0.6) is 0 Å². The molecule has 1 saturated heterocycles. The van der Waals surface area contributed by atoms with Crippen LogP contribution in [-0.2, 0) is 9.53 Å². The number of alkyl carbamates (subject to hydrolysis) is 1. The van der Waals surface area contributed by atoms with Gasteiger partial charge in [0, 0.05) is 39.5 Å². The Morgan fingerprint density at radius 2 is 2.05 bits per heavy atom. The minimum atomic E-state index is -1.23. The van der Waals surface area contributed by atoms with E-state index < -0.39 is 20.3 Å². The number of nitrogens with one attached hydrogen (secondary N) is 1. The van der Waals surface area contributed by atoms with E-state index in [1.165, 1.54) is 4.90 Å². The van der Waals surface area contributed by atoms with E-state index in [1.807, 2.05) is 0 Å². The van der Waals surface area contributed by atoms with Gasteiger partial charge in [0.05, 0.1) is 6.61 Å². The summed E-state index contributed by atoms with van der Waals surface area (Å²) in [6.45, 7) is 7.68. The molecule has 2 amide bonds. The zero-order valence-corrected chi connectivity index (χ0v) is 13.8. The van der Waals surface area contributed by atoms with Gasteiger partial charge < -0.3 is 24.9 Å². The number of carbonyl (C=O) groups excluding carboxylic acids is 2. The van der Waals surface area contributed by atoms with Gasteiger partial charge in [-0.25, -0.2) is 9.59 Å². The molecule has 1 aliphatic heterocycles. The zero-order valence-electron chi connectivity index (χ0n) is 12.8. The third-order valence-corrected chi connectivity index (χ3v) is 5.23. The van der Waals surface area contributed by atoms with Gasteiger partial charge in [0.2, 0.25) is 0 Å². The first kappa shape index (κ1) is 17.5. The molecule has 0 bridgehead atoms. The summed E-state index contributed by atoms with van der Waals surface area (Å²) in [6, 6.07) is 0.896. The summed E-state index contributed by atoms with van der Waals surface area (Å²) in [5, 5.41) is 11.5. The Morgan fingerprint density at radius 1 is 1.38 bits per heavy atom. The van der Waals surface area contributed by atoms with Gasteiger partial charge in [0.25, 0.3) is 0 Å². The normalized spacial score (nSPS) is 22.0. The number of ether oxygens (including phenoxy) is 1. The molecule has 1 heterocycles. The van der Waals surface area contributed by atoms with E-state index in [0.29, 0.717) is 6.61 Å². The molecule has 2 atom stereocenters. The van der Waals surface area contributed by atoms with Crippen LogP contribution in [0.25, 0.3) is 0 Å². The Hall–Kier alpha value is -1.57. The van der Waals surface area contributed by atoms with Gasteiger partial charge in [0.15, 0.2) is 0 Å². The van der Waals surface area contributed by atoms with Crippen LogP contribution in [0.3, 0.4) is 0 Å². The maximum absolute atomic E-state index is 11.6. The lowest BCUT2D eigenvalue weighted by atomic mass is 9.98. The van der Waals surface area contributed by atoms with Crippen molar-refractivity contribution < 1.29 is 24.2 Å². The molecule has 1 fully saturated rings. The van der Waals surface area contributed by atoms with Gasteiger partial charge in [-0.2, -0.15) is 0 Å². The summed E-state index contributed by atoms with van der Waals surface area (Å²) >= 11 is 0. The van der Waals surface area contributed by atoms with Crippen LogP contribution in [0.2, 0.25) is 25.7 Å². The Bertz CT molecular complexity index is 397. The van der Waals surface area contributed by atoms with Gasteiger partial charge >= 0.3 is 12.2 Å². The molecule has 0 spiro atoms. The Balaban J connectivity index is 2.32. The largest absolute Gasteiger partial charge is 0.465 e. The molecule has 8 heteroatoms. The topological polar surface area (TPSA) is 95.9 Å². The number of rotatable bonds is 6.